The van der Waals surface area contributed by atoms with Gasteiger partial charge in [-0.2, -0.15) is 0 Å². The number of nitro benzene ring substituents is 1. The van der Waals surface area contributed by atoms with Crippen LogP contribution in [0.2, 0.25) is 0 Å². The highest BCUT2D eigenvalue weighted by molar-refractivity contribution is 5.75. The molecule has 1 rings (SSSR count). The highest BCUT2D eigenvalue weighted by Crippen LogP contribution is 2.23. The van der Waals surface area contributed by atoms with Gasteiger partial charge in [-0.05, 0) is 25.0 Å². The molecule has 1 atom stereocenters. The number of ether oxygens (including phenoxy) is 2. The summed E-state index contributed by atoms with van der Waals surface area (Å²) in [5.41, 5.74) is 6.11. The Hall–Kier alpha value is -2.15. The summed E-state index contributed by atoms with van der Waals surface area (Å²) in [7, 11) is 1.41. The summed E-state index contributed by atoms with van der Waals surface area (Å²) < 4.78 is 9.75. The fourth-order valence-electron chi connectivity index (χ4n) is 1.57. The summed E-state index contributed by atoms with van der Waals surface area (Å²) in [6.07, 6.45) is 0.150. The number of nitro groups is 1. The Morgan fingerprint density at radius 3 is 2.68 bits per heavy atom. The Balaban J connectivity index is 2.91. The highest BCUT2D eigenvalue weighted by Gasteiger charge is 2.18. The van der Waals surface area contributed by atoms with E-state index < -0.39 is 16.9 Å². The molecule has 0 aliphatic heterocycles. The molecule has 0 fully saturated rings. The molecule has 104 valence electrons. The van der Waals surface area contributed by atoms with Gasteiger partial charge >= 0.3 is 5.97 Å². The van der Waals surface area contributed by atoms with Crippen molar-refractivity contribution in [3.63, 3.8) is 0 Å². The lowest BCUT2D eigenvalue weighted by atomic mass is 10.1. The molecule has 0 amide bonds. The summed E-state index contributed by atoms with van der Waals surface area (Å²) in [4.78, 5) is 21.7. The van der Waals surface area contributed by atoms with Crippen LogP contribution in [0.25, 0.3) is 0 Å². The Morgan fingerprint density at radius 2 is 2.16 bits per heavy atom. The quantitative estimate of drug-likeness (QED) is 0.469. The zero-order valence-corrected chi connectivity index (χ0v) is 10.8. The van der Waals surface area contributed by atoms with Crippen LogP contribution in [-0.4, -0.2) is 30.7 Å². The number of nitrogens with two attached hydrogens (primary N) is 1. The van der Waals surface area contributed by atoms with Crippen LogP contribution in [0.3, 0.4) is 0 Å². The second-order valence-electron chi connectivity index (χ2n) is 3.86. The number of methoxy groups -OCH3 is 1. The maximum absolute atomic E-state index is 11.4. The van der Waals surface area contributed by atoms with Gasteiger partial charge in [0.05, 0.1) is 24.7 Å². The van der Waals surface area contributed by atoms with Gasteiger partial charge in [0.1, 0.15) is 11.8 Å². The molecule has 1 unspecified atom stereocenters. The fraction of sp³-hybridized carbons (Fsp3) is 0.417. The van der Waals surface area contributed by atoms with Crippen LogP contribution in [0.1, 0.15) is 12.5 Å². The third-order valence-electron chi connectivity index (χ3n) is 2.44. The predicted molar refractivity (Wildman–Crippen MR) is 68.0 cm³/mol. The summed E-state index contributed by atoms with van der Waals surface area (Å²) in [6.45, 7) is 1.92. The SMILES string of the molecule is CCOC(=O)C(N)Cc1cc(OC)cc([N+](=O)[O-])c1. The molecule has 0 radical (unpaired) electrons. The topological polar surface area (TPSA) is 105 Å². The molecule has 0 aliphatic rings. The Bertz CT molecular complexity index is 475. The van der Waals surface area contributed by atoms with E-state index in [1.54, 1.807) is 13.0 Å². The largest absolute Gasteiger partial charge is 0.496 e. The number of esters is 1. The first-order chi connectivity index (χ1) is 8.97. The summed E-state index contributed by atoms with van der Waals surface area (Å²) in [6, 6.07) is 3.42. The van der Waals surface area contributed by atoms with Crippen molar-refractivity contribution in [3.8, 4) is 5.75 Å². The first-order valence-corrected chi connectivity index (χ1v) is 5.72. The van der Waals surface area contributed by atoms with Gasteiger partial charge in [0, 0.05) is 6.07 Å². The summed E-state index contributed by atoms with van der Waals surface area (Å²) in [5, 5.41) is 10.8. The van der Waals surface area contributed by atoms with Gasteiger partial charge in [0.15, 0.2) is 0 Å². The molecule has 0 spiro atoms. The highest BCUT2D eigenvalue weighted by atomic mass is 16.6. The van der Waals surface area contributed by atoms with E-state index in [2.05, 4.69) is 0 Å². The minimum atomic E-state index is -0.855. The standard InChI is InChI=1S/C12H16N2O5/c1-3-19-12(15)11(13)6-8-4-9(14(16)17)7-10(5-8)18-2/h4-5,7,11H,3,6,13H2,1-2H3. The average molecular weight is 268 g/mol. The van der Waals surface area contributed by atoms with Crippen molar-refractivity contribution in [2.75, 3.05) is 13.7 Å². The third-order valence-corrected chi connectivity index (χ3v) is 2.44. The lowest BCUT2D eigenvalue weighted by Gasteiger charge is -2.11. The Morgan fingerprint density at radius 1 is 1.47 bits per heavy atom. The van der Waals surface area contributed by atoms with Crippen molar-refractivity contribution in [1.82, 2.24) is 0 Å². The fourth-order valence-corrected chi connectivity index (χ4v) is 1.57. The van der Waals surface area contributed by atoms with Crippen molar-refractivity contribution in [2.24, 2.45) is 5.73 Å². The van der Waals surface area contributed by atoms with E-state index in [1.807, 2.05) is 0 Å². The van der Waals surface area contributed by atoms with E-state index in [4.69, 9.17) is 15.2 Å². The van der Waals surface area contributed by atoms with E-state index in [0.717, 1.165) is 0 Å². The van der Waals surface area contributed by atoms with Crippen LogP contribution in [0.15, 0.2) is 18.2 Å². The number of hydrogen-bond acceptors (Lipinski definition) is 6. The molecule has 0 bridgehead atoms. The molecule has 0 aliphatic carbocycles. The molecule has 0 heterocycles. The monoisotopic (exact) mass is 268 g/mol. The van der Waals surface area contributed by atoms with Crippen LogP contribution in [0.5, 0.6) is 5.75 Å². The number of non-ortho nitro benzene ring substituents is 1. The zero-order valence-electron chi connectivity index (χ0n) is 10.8. The van der Waals surface area contributed by atoms with E-state index in [1.165, 1.54) is 19.2 Å². The lowest BCUT2D eigenvalue weighted by Crippen LogP contribution is -2.34. The van der Waals surface area contributed by atoms with Crippen LogP contribution in [-0.2, 0) is 16.0 Å². The maximum atomic E-state index is 11.4. The molecular weight excluding hydrogens is 252 g/mol. The number of hydrogen-bond donors (Lipinski definition) is 1. The van der Waals surface area contributed by atoms with Crippen molar-refractivity contribution in [3.05, 3.63) is 33.9 Å². The average Bonchev–Trinajstić information content (AvgIpc) is 2.38. The molecule has 1 aromatic carbocycles. The first-order valence-electron chi connectivity index (χ1n) is 5.72. The second-order valence-corrected chi connectivity index (χ2v) is 3.86. The van der Waals surface area contributed by atoms with Crippen LogP contribution >= 0.6 is 0 Å². The van der Waals surface area contributed by atoms with Gasteiger partial charge in [0.2, 0.25) is 0 Å². The number of nitrogens with zero attached hydrogens (tertiary/aromatic N) is 1. The van der Waals surface area contributed by atoms with Crippen molar-refractivity contribution >= 4 is 11.7 Å². The lowest BCUT2D eigenvalue weighted by molar-refractivity contribution is -0.385. The molecule has 7 heteroatoms. The van der Waals surface area contributed by atoms with Gasteiger partial charge in [0.25, 0.3) is 5.69 Å². The van der Waals surface area contributed by atoms with Crippen molar-refractivity contribution < 1.29 is 19.2 Å². The van der Waals surface area contributed by atoms with Gasteiger partial charge < -0.3 is 15.2 Å². The first kappa shape index (κ1) is 14.9. The van der Waals surface area contributed by atoms with Gasteiger partial charge in [-0.25, -0.2) is 0 Å². The number of benzene rings is 1. The van der Waals surface area contributed by atoms with Crippen LogP contribution in [0, 0.1) is 10.1 Å². The molecular formula is C12H16N2O5. The molecule has 0 saturated heterocycles. The minimum absolute atomic E-state index is 0.106. The predicted octanol–water partition coefficient (Wildman–Crippen LogP) is 1.04. The van der Waals surface area contributed by atoms with E-state index >= 15 is 0 Å². The van der Waals surface area contributed by atoms with Gasteiger partial charge in [-0.15, -0.1) is 0 Å². The summed E-state index contributed by atoms with van der Waals surface area (Å²) >= 11 is 0. The van der Waals surface area contributed by atoms with E-state index in [9.17, 15) is 14.9 Å². The zero-order chi connectivity index (χ0) is 14.4. The molecule has 2 N–H and O–H groups in total. The molecule has 19 heavy (non-hydrogen) atoms. The molecule has 1 aromatic rings. The number of carbonyl (C=O) groups is 1. The number of rotatable bonds is 6. The Kier molecular flexibility index (Phi) is 5.25. The van der Waals surface area contributed by atoms with Gasteiger partial charge in [-0.1, -0.05) is 0 Å². The molecule has 0 saturated carbocycles. The van der Waals surface area contributed by atoms with Crippen molar-refractivity contribution in [1.29, 1.82) is 0 Å². The van der Waals surface area contributed by atoms with E-state index in [-0.39, 0.29) is 18.7 Å². The normalized spacial score (nSPS) is 11.7. The van der Waals surface area contributed by atoms with E-state index in [0.29, 0.717) is 11.3 Å². The maximum Gasteiger partial charge on any atom is 0.323 e. The third kappa shape index (κ3) is 4.22. The molecule has 7 nitrogen and oxygen atoms in total. The summed E-state index contributed by atoms with van der Waals surface area (Å²) in [5.74, 6) is -0.187. The Labute approximate surface area is 110 Å². The van der Waals surface area contributed by atoms with Crippen molar-refractivity contribution in [2.45, 2.75) is 19.4 Å². The van der Waals surface area contributed by atoms with Gasteiger partial charge in [-0.3, -0.25) is 14.9 Å². The molecule has 0 aromatic heterocycles. The van der Waals surface area contributed by atoms with Crippen LogP contribution < -0.4 is 10.5 Å². The smallest absolute Gasteiger partial charge is 0.323 e. The second kappa shape index (κ2) is 6.69. The van der Waals surface area contributed by atoms with Crippen LogP contribution in [0.4, 0.5) is 5.69 Å². The number of carbonyl (C=O) groups excluding carboxylic acids is 1. The minimum Gasteiger partial charge on any atom is -0.496 e.